The molecular formula is C13H19N7O7. The number of nitrogens with one attached hydrogen (secondary N) is 1. The first-order chi connectivity index (χ1) is 12.7. The van der Waals surface area contributed by atoms with Gasteiger partial charge in [-0.05, 0) is 0 Å². The maximum atomic E-state index is 12.0. The van der Waals surface area contributed by atoms with Crippen molar-refractivity contribution in [2.75, 3.05) is 13.1 Å². The molecule has 0 unspecified atom stereocenters. The molecule has 8 N–H and O–H groups in total. The van der Waals surface area contributed by atoms with Crippen LogP contribution in [0, 0.1) is 0 Å². The summed E-state index contributed by atoms with van der Waals surface area (Å²) in [5.74, 6) is -3.60. The minimum absolute atomic E-state index is 0.101. The molecule has 27 heavy (non-hydrogen) atoms. The van der Waals surface area contributed by atoms with Crippen LogP contribution >= 0.6 is 0 Å². The van der Waals surface area contributed by atoms with E-state index in [0.29, 0.717) is 0 Å². The van der Waals surface area contributed by atoms with Gasteiger partial charge >= 0.3 is 0 Å². The Morgan fingerprint density at radius 2 is 1.89 bits per heavy atom. The van der Waals surface area contributed by atoms with Gasteiger partial charge in [0.25, 0.3) is 0 Å². The fourth-order valence-corrected chi connectivity index (χ4v) is 4.22. The summed E-state index contributed by atoms with van der Waals surface area (Å²) in [6.45, 7) is -0.362. The number of imide groups is 1. The number of aliphatic hydroxyl groups is 2. The number of likely N-dealkylation sites (tertiary alicyclic amines) is 1. The van der Waals surface area contributed by atoms with Gasteiger partial charge in [-0.2, -0.15) is 4.89 Å². The predicted molar refractivity (Wildman–Crippen MR) is 85.1 cm³/mol. The first kappa shape index (κ1) is 17.9. The first-order valence-corrected chi connectivity index (χ1v) is 8.19. The average molecular weight is 385 g/mol. The highest BCUT2D eigenvalue weighted by atomic mass is 17.5. The third-order valence-electron chi connectivity index (χ3n) is 5.43. The van der Waals surface area contributed by atoms with Crippen molar-refractivity contribution in [2.24, 2.45) is 21.5 Å². The lowest BCUT2D eigenvalue weighted by atomic mass is 9.85. The molecular weight excluding hydrogens is 366 g/mol. The molecule has 0 saturated carbocycles. The van der Waals surface area contributed by atoms with Crippen molar-refractivity contribution in [1.82, 2.24) is 15.1 Å². The lowest BCUT2D eigenvalue weighted by molar-refractivity contribution is -0.522. The van der Waals surface area contributed by atoms with Gasteiger partial charge in [0.1, 0.15) is 6.04 Å². The summed E-state index contributed by atoms with van der Waals surface area (Å²) in [7, 11) is 0. The molecule has 2 saturated heterocycles. The van der Waals surface area contributed by atoms with E-state index in [-0.39, 0.29) is 49.7 Å². The Bertz CT molecular complexity index is 739. The van der Waals surface area contributed by atoms with Crippen LogP contribution in [0.1, 0.15) is 12.8 Å². The van der Waals surface area contributed by atoms with Crippen molar-refractivity contribution in [2.45, 2.75) is 42.5 Å². The van der Waals surface area contributed by atoms with E-state index >= 15 is 0 Å². The van der Waals surface area contributed by atoms with Gasteiger partial charge in [-0.3, -0.25) is 14.5 Å². The lowest BCUT2D eigenvalue weighted by Crippen LogP contribution is -2.77. The van der Waals surface area contributed by atoms with Crippen molar-refractivity contribution in [3.8, 4) is 0 Å². The summed E-state index contributed by atoms with van der Waals surface area (Å²) in [6.07, 6.45) is -1.25. The number of carbonyl (C=O) groups is 2. The van der Waals surface area contributed by atoms with E-state index in [1.54, 1.807) is 0 Å². The number of aliphatic imine (C=N–C) groups is 2. The van der Waals surface area contributed by atoms with Gasteiger partial charge in [-0.1, -0.05) is 5.04 Å². The number of nitrogens with zero attached hydrogens (tertiary/aromatic N) is 4. The maximum absolute atomic E-state index is 12.0. The number of carbonyl (C=O) groups excluding carboxylic acids is 2. The van der Waals surface area contributed by atoms with E-state index in [1.165, 1.54) is 4.90 Å². The van der Waals surface area contributed by atoms with Crippen LogP contribution in [0.25, 0.3) is 0 Å². The Morgan fingerprint density at radius 3 is 2.52 bits per heavy atom. The van der Waals surface area contributed by atoms with E-state index in [2.05, 4.69) is 25.2 Å². The van der Waals surface area contributed by atoms with Crippen molar-refractivity contribution in [3.05, 3.63) is 0 Å². The average Bonchev–Trinajstić information content (AvgIpc) is 3.18. The van der Waals surface area contributed by atoms with Crippen LogP contribution in [0.2, 0.25) is 0 Å². The normalized spacial score (nSPS) is 37.1. The zero-order valence-electron chi connectivity index (χ0n) is 14.0. The first-order valence-electron chi connectivity index (χ1n) is 8.19. The second kappa shape index (κ2) is 5.74. The molecule has 1 spiro atoms. The summed E-state index contributed by atoms with van der Waals surface area (Å²) in [6, 6.07) is -1.90. The fourth-order valence-electron chi connectivity index (χ4n) is 4.22. The monoisotopic (exact) mass is 385 g/mol. The Hall–Kier alpha value is -2.52. The lowest BCUT2D eigenvalue weighted by Gasteiger charge is -2.48. The van der Waals surface area contributed by atoms with E-state index in [4.69, 9.17) is 16.7 Å². The molecule has 4 aliphatic rings. The van der Waals surface area contributed by atoms with E-state index in [9.17, 15) is 19.8 Å². The van der Waals surface area contributed by atoms with Gasteiger partial charge in [0.15, 0.2) is 23.7 Å². The summed E-state index contributed by atoms with van der Waals surface area (Å²) in [4.78, 5) is 39.3. The Kier molecular flexibility index (Phi) is 3.80. The Balaban J connectivity index is 1.73. The number of guanidine groups is 2. The highest BCUT2D eigenvalue weighted by molar-refractivity contribution is 6.02. The number of hydrogen-bond donors (Lipinski definition) is 6. The molecule has 0 radical (unpaired) electrons. The highest BCUT2D eigenvalue weighted by Crippen LogP contribution is 2.45. The summed E-state index contributed by atoms with van der Waals surface area (Å²) in [5, 5.41) is 36.5. The molecule has 0 aromatic heterocycles. The highest BCUT2D eigenvalue weighted by Gasteiger charge is 2.74. The van der Waals surface area contributed by atoms with Crippen molar-refractivity contribution in [3.63, 3.8) is 0 Å². The topological polar surface area (TPSA) is 209 Å². The van der Waals surface area contributed by atoms with E-state index in [0.717, 1.165) is 4.90 Å². The number of nitrogens with two attached hydrogens (primary N) is 2. The molecule has 4 heterocycles. The Labute approximate surface area is 151 Å². The molecule has 4 aliphatic heterocycles. The second-order valence-corrected chi connectivity index (χ2v) is 6.80. The number of rotatable bonds is 4. The molecule has 14 nitrogen and oxygen atoms in total. The number of hydrogen-bond acceptors (Lipinski definition) is 13. The van der Waals surface area contributed by atoms with Gasteiger partial charge in [0.2, 0.25) is 17.6 Å². The van der Waals surface area contributed by atoms with Crippen LogP contribution < -0.4 is 16.8 Å². The molecule has 0 aliphatic carbocycles. The van der Waals surface area contributed by atoms with Crippen LogP contribution in [0.4, 0.5) is 0 Å². The Morgan fingerprint density at radius 1 is 1.22 bits per heavy atom. The predicted octanol–water partition coefficient (Wildman–Crippen LogP) is -4.40. The molecule has 0 aromatic carbocycles. The SMILES string of the molecule is NC1=N[C@H]2[C@H](CN3C(=O)CCC3=O)N=C(N)N3C[C@H](OOO)C(O)(O)[C@]23N1. The smallest absolute Gasteiger partial charge is 0.240 e. The standard InChI is InChI=1S/C13H19N7O7/c14-10-17-9-5(3-19-7(21)1-2-8(19)22)16-11(15)20-4-6(26-27-25)13(23,24)12(9,20)18-10/h5-6,9,23-25H,1-4H2,(H2,15,16)(H3,14,17,18)/t5-,6-,9-,12-/m0/s1. The van der Waals surface area contributed by atoms with Gasteiger partial charge in [0.05, 0.1) is 19.1 Å². The zero-order valence-corrected chi connectivity index (χ0v) is 14.0. The molecule has 0 bridgehead atoms. The van der Waals surface area contributed by atoms with Crippen molar-refractivity contribution in [1.29, 1.82) is 0 Å². The molecule has 148 valence electrons. The fraction of sp³-hybridized carbons (Fsp3) is 0.692. The molecule has 2 amide bonds. The number of amides is 2. The minimum Gasteiger partial charge on any atom is -0.370 e. The van der Waals surface area contributed by atoms with Crippen LogP contribution in [0.3, 0.4) is 0 Å². The minimum atomic E-state index is -2.68. The quantitative estimate of drug-likeness (QED) is 0.118. The van der Waals surface area contributed by atoms with Gasteiger partial charge < -0.3 is 31.9 Å². The molecule has 2 fully saturated rings. The van der Waals surface area contributed by atoms with E-state index in [1.807, 2.05) is 0 Å². The maximum Gasteiger partial charge on any atom is 0.240 e. The van der Waals surface area contributed by atoms with E-state index < -0.39 is 29.6 Å². The molecule has 4 atom stereocenters. The van der Waals surface area contributed by atoms with Crippen LogP contribution in [0.15, 0.2) is 9.98 Å². The van der Waals surface area contributed by atoms with Crippen molar-refractivity contribution < 1.29 is 35.0 Å². The van der Waals surface area contributed by atoms with Crippen LogP contribution in [0.5, 0.6) is 0 Å². The second-order valence-electron chi connectivity index (χ2n) is 6.80. The third kappa shape index (κ3) is 2.24. The largest absolute Gasteiger partial charge is 0.370 e. The van der Waals surface area contributed by atoms with Gasteiger partial charge in [-0.15, -0.1) is 0 Å². The molecule has 14 heteroatoms. The van der Waals surface area contributed by atoms with Crippen molar-refractivity contribution >= 4 is 23.7 Å². The van der Waals surface area contributed by atoms with Crippen LogP contribution in [-0.2, 0) is 19.5 Å². The van der Waals surface area contributed by atoms with Gasteiger partial charge in [0, 0.05) is 12.8 Å². The zero-order chi connectivity index (χ0) is 19.6. The molecule has 0 aromatic rings. The third-order valence-corrected chi connectivity index (χ3v) is 5.43. The summed E-state index contributed by atoms with van der Waals surface area (Å²) in [5.41, 5.74) is 10.0. The summed E-state index contributed by atoms with van der Waals surface area (Å²) >= 11 is 0. The summed E-state index contributed by atoms with van der Waals surface area (Å²) < 4.78 is 0. The molecule has 4 rings (SSSR count). The van der Waals surface area contributed by atoms with Crippen LogP contribution in [-0.4, -0.2) is 91.7 Å². The van der Waals surface area contributed by atoms with Gasteiger partial charge in [-0.25, -0.2) is 15.2 Å².